The average molecular weight is 310 g/mol. The zero-order valence-corrected chi connectivity index (χ0v) is 14.8. The fraction of sp³-hybridized carbons (Fsp3) is 0.737. The molecule has 0 amide bonds. The zero-order valence-electron chi connectivity index (χ0n) is 14.8. The summed E-state index contributed by atoms with van der Waals surface area (Å²) in [5.41, 5.74) is 0.356. The fourth-order valence-electron chi connectivity index (χ4n) is 2.48. The van der Waals surface area contributed by atoms with E-state index in [2.05, 4.69) is 33.9 Å². The molecule has 0 spiro atoms. The lowest BCUT2D eigenvalue weighted by Crippen LogP contribution is -2.36. The molecule has 0 aliphatic heterocycles. The number of rotatable bonds is 6. The first-order valence-electron chi connectivity index (χ1n) is 8.43. The molecule has 0 aromatic heterocycles. The van der Waals surface area contributed by atoms with Gasteiger partial charge in [0.05, 0.1) is 6.10 Å². The van der Waals surface area contributed by atoms with Crippen LogP contribution >= 0.6 is 0 Å². The molecule has 1 aliphatic rings. The third kappa shape index (κ3) is 8.38. The maximum absolute atomic E-state index is 11.1. The molecule has 0 heterocycles. The predicted octanol–water partition coefficient (Wildman–Crippen LogP) is 4.65. The van der Waals surface area contributed by atoms with Gasteiger partial charge in [-0.15, -0.1) is 13.2 Å². The van der Waals surface area contributed by atoms with Crippen LogP contribution < -0.4 is 0 Å². The van der Waals surface area contributed by atoms with Crippen LogP contribution in [-0.4, -0.2) is 23.3 Å². The Morgan fingerprint density at radius 2 is 1.95 bits per heavy atom. The van der Waals surface area contributed by atoms with Crippen molar-refractivity contribution in [3.8, 4) is 0 Å². The van der Waals surface area contributed by atoms with Gasteiger partial charge in [-0.05, 0) is 37.0 Å². The Kier molecular flexibility index (Phi) is 10.1. The summed E-state index contributed by atoms with van der Waals surface area (Å²) in [6.45, 7) is 15.8. The highest BCUT2D eigenvalue weighted by molar-refractivity contribution is 5.69. The fourth-order valence-corrected chi connectivity index (χ4v) is 2.48. The lowest BCUT2D eigenvalue weighted by atomic mass is 9.85. The Hall–Kier alpha value is -1.09. The minimum Gasteiger partial charge on any atom is -0.460 e. The van der Waals surface area contributed by atoms with E-state index in [4.69, 9.17) is 4.74 Å². The van der Waals surface area contributed by atoms with Gasteiger partial charge in [0, 0.05) is 6.42 Å². The van der Waals surface area contributed by atoms with E-state index in [9.17, 15) is 9.90 Å². The number of allylic oxidation sites excluding steroid dienone is 2. The van der Waals surface area contributed by atoms with Crippen molar-refractivity contribution in [3.05, 3.63) is 25.3 Å². The third-order valence-corrected chi connectivity index (χ3v) is 4.15. The largest absolute Gasteiger partial charge is 0.460 e. The normalized spacial score (nSPS) is 24.7. The van der Waals surface area contributed by atoms with Crippen LogP contribution in [0.3, 0.4) is 0 Å². The van der Waals surface area contributed by atoms with Gasteiger partial charge in [0.15, 0.2) is 0 Å². The zero-order chi connectivity index (χ0) is 17.2. The van der Waals surface area contributed by atoms with Gasteiger partial charge in [0.25, 0.3) is 0 Å². The molecule has 1 aliphatic carbocycles. The summed E-state index contributed by atoms with van der Waals surface area (Å²) >= 11 is 0. The van der Waals surface area contributed by atoms with Crippen LogP contribution in [0.1, 0.15) is 66.2 Å². The van der Waals surface area contributed by atoms with Gasteiger partial charge >= 0.3 is 5.97 Å². The number of ether oxygens (including phenoxy) is 1. The Morgan fingerprint density at radius 3 is 2.36 bits per heavy atom. The van der Waals surface area contributed by atoms with Crippen molar-refractivity contribution in [2.75, 3.05) is 0 Å². The van der Waals surface area contributed by atoms with Crippen LogP contribution in [0.2, 0.25) is 0 Å². The quantitative estimate of drug-likeness (QED) is 0.573. The van der Waals surface area contributed by atoms with Gasteiger partial charge in [0.1, 0.15) is 6.10 Å². The van der Waals surface area contributed by atoms with Crippen LogP contribution in [0.5, 0.6) is 0 Å². The number of esters is 1. The van der Waals surface area contributed by atoms with Gasteiger partial charge in [0.2, 0.25) is 0 Å². The first-order chi connectivity index (χ1) is 10.3. The Balaban J connectivity index is 0.000000472. The van der Waals surface area contributed by atoms with E-state index >= 15 is 0 Å². The number of aliphatic hydroxyl groups excluding tert-OH is 1. The summed E-state index contributed by atoms with van der Waals surface area (Å²) in [6, 6.07) is 0. The van der Waals surface area contributed by atoms with E-state index < -0.39 is 6.10 Å². The van der Waals surface area contributed by atoms with Gasteiger partial charge in [-0.3, -0.25) is 4.79 Å². The molecule has 3 atom stereocenters. The van der Waals surface area contributed by atoms with Gasteiger partial charge in [-0.25, -0.2) is 0 Å². The van der Waals surface area contributed by atoms with E-state index in [0.29, 0.717) is 30.6 Å². The maximum Gasteiger partial charge on any atom is 0.305 e. The summed E-state index contributed by atoms with van der Waals surface area (Å²) in [6.07, 6.45) is 8.26. The summed E-state index contributed by atoms with van der Waals surface area (Å²) in [4.78, 5) is 11.1. The average Bonchev–Trinajstić information content (AvgIpc) is 2.50. The molecule has 1 fully saturated rings. The minimum absolute atomic E-state index is 0.237. The van der Waals surface area contributed by atoms with Crippen LogP contribution in [0, 0.1) is 11.3 Å². The number of carbonyl (C=O) groups is 1. The second-order valence-electron chi connectivity index (χ2n) is 6.70. The highest BCUT2D eigenvalue weighted by Gasteiger charge is 2.30. The number of aliphatic hydroxyl groups is 1. The van der Waals surface area contributed by atoms with Crippen molar-refractivity contribution in [1.82, 2.24) is 0 Å². The van der Waals surface area contributed by atoms with Crippen molar-refractivity contribution in [2.45, 2.75) is 78.4 Å². The van der Waals surface area contributed by atoms with E-state index in [1.54, 1.807) is 6.92 Å². The molecule has 3 unspecified atom stereocenters. The molecule has 1 saturated carbocycles. The van der Waals surface area contributed by atoms with Crippen LogP contribution in [0.25, 0.3) is 0 Å². The SMILES string of the molecule is C=CC(C)(C)CCC.C=CC1CCC(O)C(OC(=O)CC)C1. The smallest absolute Gasteiger partial charge is 0.305 e. The first kappa shape index (κ1) is 20.9. The summed E-state index contributed by atoms with van der Waals surface area (Å²) in [7, 11) is 0. The molecule has 3 nitrogen and oxygen atoms in total. The molecule has 0 bridgehead atoms. The highest BCUT2D eigenvalue weighted by Crippen LogP contribution is 2.27. The van der Waals surface area contributed by atoms with Crippen molar-refractivity contribution in [1.29, 1.82) is 0 Å². The second-order valence-corrected chi connectivity index (χ2v) is 6.70. The van der Waals surface area contributed by atoms with Crippen molar-refractivity contribution >= 4 is 5.97 Å². The molecule has 0 saturated heterocycles. The molecule has 1 N–H and O–H groups in total. The summed E-state index contributed by atoms with van der Waals surface area (Å²) in [5, 5.41) is 9.62. The lowest BCUT2D eigenvalue weighted by molar-refractivity contribution is -0.158. The first-order valence-corrected chi connectivity index (χ1v) is 8.43. The Labute approximate surface area is 136 Å². The molecule has 128 valence electrons. The second kappa shape index (κ2) is 10.6. The monoisotopic (exact) mass is 310 g/mol. The molecular weight excluding hydrogens is 276 g/mol. The number of hydrogen-bond acceptors (Lipinski definition) is 3. The summed E-state index contributed by atoms with van der Waals surface area (Å²) < 4.78 is 5.15. The Bertz CT molecular complexity index is 347. The van der Waals surface area contributed by atoms with Gasteiger partial charge in [-0.2, -0.15) is 0 Å². The van der Waals surface area contributed by atoms with Crippen molar-refractivity contribution in [3.63, 3.8) is 0 Å². The molecule has 0 radical (unpaired) electrons. The lowest BCUT2D eigenvalue weighted by Gasteiger charge is -2.31. The van der Waals surface area contributed by atoms with Crippen LogP contribution in [0.4, 0.5) is 0 Å². The standard InChI is InChI=1S/C11H18O3.C8H16/c1-3-8-5-6-9(12)10(7-8)14-11(13)4-2;1-5-7-8(3,4)6-2/h3,8-10,12H,1,4-7H2,2H3;6H,2,5,7H2,1,3-4H3. The molecule has 0 aromatic carbocycles. The van der Waals surface area contributed by atoms with Gasteiger partial charge < -0.3 is 9.84 Å². The molecule has 3 heteroatoms. The topological polar surface area (TPSA) is 46.5 Å². The minimum atomic E-state index is -0.498. The third-order valence-electron chi connectivity index (χ3n) is 4.15. The molecule has 0 aromatic rings. The van der Waals surface area contributed by atoms with E-state index in [1.807, 2.05) is 12.2 Å². The van der Waals surface area contributed by atoms with Crippen LogP contribution in [0.15, 0.2) is 25.3 Å². The van der Waals surface area contributed by atoms with Crippen LogP contribution in [-0.2, 0) is 9.53 Å². The van der Waals surface area contributed by atoms with E-state index in [-0.39, 0.29) is 12.1 Å². The predicted molar refractivity (Wildman–Crippen MR) is 92.6 cm³/mol. The molecular formula is C19H34O3. The number of hydrogen-bond donors (Lipinski definition) is 1. The van der Waals surface area contributed by atoms with E-state index in [0.717, 1.165) is 6.42 Å². The van der Waals surface area contributed by atoms with E-state index in [1.165, 1.54) is 12.8 Å². The van der Waals surface area contributed by atoms with Gasteiger partial charge in [-0.1, -0.05) is 46.3 Å². The van der Waals surface area contributed by atoms with Crippen molar-refractivity contribution in [2.24, 2.45) is 11.3 Å². The number of carbonyl (C=O) groups excluding carboxylic acids is 1. The molecule has 22 heavy (non-hydrogen) atoms. The van der Waals surface area contributed by atoms with Crippen molar-refractivity contribution < 1.29 is 14.6 Å². The molecule has 1 rings (SSSR count). The Morgan fingerprint density at radius 1 is 1.32 bits per heavy atom. The summed E-state index contributed by atoms with van der Waals surface area (Å²) in [5.74, 6) is 0.131. The highest BCUT2D eigenvalue weighted by atomic mass is 16.6. The maximum atomic E-state index is 11.1.